The second-order valence-electron chi connectivity index (χ2n) is 6.27. The van der Waals surface area contributed by atoms with Crippen molar-refractivity contribution in [3.05, 3.63) is 29.8 Å². The van der Waals surface area contributed by atoms with Gasteiger partial charge in [-0.1, -0.05) is 32.0 Å². The number of nitrogens with one attached hydrogen (secondary N) is 2. The van der Waals surface area contributed by atoms with Gasteiger partial charge < -0.3 is 15.7 Å². The smallest absolute Gasteiger partial charge is 0.242 e. The molecule has 4 heteroatoms. The molecule has 0 aliphatic carbocycles. The third kappa shape index (κ3) is 3.73. The summed E-state index contributed by atoms with van der Waals surface area (Å²) < 4.78 is 0. The fourth-order valence-corrected chi connectivity index (χ4v) is 2.55. The van der Waals surface area contributed by atoms with E-state index in [4.69, 9.17) is 5.11 Å². The molecular weight excluding hydrogens is 252 g/mol. The first kappa shape index (κ1) is 14.9. The first-order chi connectivity index (χ1) is 9.52. The Labute approximate surface area is 120 Å². The van der Waals surface area contributed by atoms with Gasteiger partial charge >= 0.3 is 0 Å². The van der Waals surface area contributed by atoms with Gasteiger partial charge in [-0.3, -0.25) is 4.79 Å². The molecule has 1 atom stereocenters. The van der Waals surface area contributed by atoms with Crippen molar-refractivity contribution in [3.8, 4) is 0 Å². The van der Waals surface area contributed by atoms with Gasteiger partial charge in [-0.15, -0.1) is 0 Å². The maximum absolute atomic E-state index is 12.2. The maximum Gasteiger partial charge on any atom is 0.242 e. The van der Waals surface area contributed by atoms with Gasteiger partial charge in [0.2, 0.25) is 5.91 Å². The van der Waals surface area contributed by atoms with Crippen molar-refractivity contribution < 1.29 is 9.90 Å². The number of benzene rings is 1. The number of anilines is 1. The lowest BCUT2D eigenvalue weighted by Crippen LogP contribution is -2.42. The van der Waals surface area contributed by atoms with E-state index in [1.54, 1.807) is 0 Å². The summed E-state index contributed by atoms with van der Waals surface area (Å²) in [5.41, 5.74) is 2.28. The number of fused-ring (bicyclic) bond motifs is 1. The number of hydrogen-bond donors (Lipinski definition) is 3. The predicted octanol–water partition coefficient (Wildman–Crippen LogP) is 1.94. The molecule has 1 aromatic rings. The SMILES string of the molecule is CC(C)(CCCO)CNC(=O)[C@@H]1Cc2ccccc2N1. The molecule has 1 aromatic carbocycles. The average Bonchev–Trinajstić information content (AvgIpc) is 2.86. The number of amides is 1. The van der Waals surface area contributed by atoms with Crippen LogP contribution >= 0.6 is 0 Å². The highest BCUT2D eigenvalue weighted by molar-refractivity contribution is 5.87. The standard InChI is InChI=1S/C16H24N2O2/c1-16(2,8-5-9-19)11-17-15(20)14-10-12-6-3-4-7-13(12)18-14/h3-4,6-7,14,18-19H,5,8-11H2,1-2H3,(H,17,20)/t14-/m0/s1. The van der Waals surface area contributed by atoms with Crippen molar-refractivity contribution in [2.24, 2.45) is 5.41 Å². The molecule has 110 valence electrons. The van der Waals surface area contributed by atoms with Crippen molar-refractivity contribution >= 4 is 11.6 Å². The van der Waals surface area contributed by atoms with Gasteiger partial charge in [-0.05, 0) is 29.9 Å². The van der Waals surface area contributed by atoms with Gasteiger partial charge in [-0.25, -0.2) is 0 Å². The Hall–Kier alpha value is -1.55. The normalized spacial score (nSPS) is 17.4. The maximum atomic E-state index is 12.2. The highest BCUT2D eigenvalue weighted by atomic mass is 16.2. The van der Waals surface area contributed by atoms with Crippen LogP contribution in [0.4, 0.5) is 5.69 Å². The van der Waals surface area contributed by atoms with Gasteiger partial charge in [0.15, 0.2) is 0 Å². The minimum absolute atomic E-state index is 0.0177. The van der Waals surface area contributed by atoms with Crippen molar-refractivity contribution in [1.82, 2.24) is 5.32 Å². The third-order valence-corrected chi connectivity index (χ3v) is 3.84. The number of aliphatic hydroxyl groups excluding tert-OH is 1. The van der Waals surface area contributed by atoms with E-state index in [0.29, 0.717) is 6.54 Å². The zero-order valence-corrected chi connectivity index (χ0v) is 12.3. The fraction of sp³-hybridized carbons (Fsp3) is 0.562. The molecule has 0 aromatic heterocycles. The first-order valence-electron chi connectivity index (χ1n) is 7.25. The van der Waals surface area contributed by atoms with Gasteiger partial charge in [0, 0.05) is 25.3 Å². The fourth-order valence-electron chi connectivity index (χ4n) is 2.55. The van der Waals surface area contributed by atoms with Crippen molar-refractivity contribution in [3.63, 3.8) is 0 Å². The van der Waals surface area contributed by atoms with E-state index in [2.05, 4.69) is 30.5 Å². The highest BCUT2D eigenvalue weighted by Gasteiger charge is 2.27. The van der Waals surface area contributed by atoms with Gasteiger partial charge in [0.25, 0.3) is 0 Å². The molecule has 0 radical (unpaired) electrons. The van der Waals surface area contributed by atoms with Crippen molar-refractivity contribution in [2.45, 2.75) is 39.2 Å². The molecule has 1 amide bonds. The molecule has 0 saturated carbocycles. The Balaban J connectivity index is 1.82. The number of hydrogen-bond acceptors (Lipinski definition) is 3. The lowest BCUT2D eigenvalue weighted by atomic mass is 9.88. The molecular formula is C16H24N2O2. The number of carbonyl (C=O) groups is 1. The number of rotatable bonds is 6. The molecule has 0 spiro atoms. The van der Waals surface area contributed by atoms with E-state index in [1.165, 1.54) is 5.56 Å². The Morgan fingerprint density at radius 1 is 1.45 bits per heavy atom. The second-order valence-corrected chi connectivity index (χ2v) is 6.27. The molecule has 0 bridgehead atoms. The van der Waals surface area contributed by atoms with E-state index in [1.807, 2.05) is 18.2 Å². The van der Waals surface area contributed by atoms with E-state index in [0.717, 1.165) is 24.9 Å². The van der Waals surface area contributed by atoms with Crippen LogP contribution in [0.1, 0.15) is 32.3 Å². The Kier molecular flexibility index (Phi) is 4.65. The predicted molar refractivity (Wildman–Crippen MR) is 80.7 cm³/mol. The zero-order chi connectivity index (χ0) is 14.6. The summed E-state index contributed by atoms with van der Waals surface area (Å²) in [4.78, 5) is 12.2. The van der Waals surface area contributed by atoms with E-state index in [-0.39, 0.29) is 24.0 Å². The Morgan fingerprint density at radius 3 is 2.90 bits per heavy atom. The van der Waals surface area contributed by atoms with Gasteiger partial charge in [-0.2, -0.15) is 0 Å². The quantitative estimate of drug-likeness (QED) is 0.744. The first-order valence-corrected chi connectivity index (χ1v) is 7.25. The zero-order valence-electron chi connectivity index (χ0n) is 12.3. The van der Waals surface area contributed by atoms with Gasteiger partial charge in [0.1, 0.15) is 6.04 Å². The van der Waals surface area contributed by atoms with Crippen LogP contribution in [0.15, 0.2) is 24.3 Å². The molecule has 1 aliphatic rings. The van der Waals surface area contributed by atoms with E-state index < -0.39 is 0 Å². The molecule has 0 fully saturated rings. The van der Waals surface area contributed by atoms with Crippen LogP contribution in [0, 0.1) is 5.41 Å². The molecule has 2 rings (SSSR count). The summed E-state index contributed by atoms with van der Waals surface area (Å²) in [6.07, 6.45) is 2.43. The average molecular weight is 276 g/mol. The molecule has 0 saturated heterocycles. The van der Waals surface area contributed by atoms with Crippen molar-refractivity contribution in [2.75, 3.05) is 18.5 Å². The summed E-state index contributed by atoms with van der Waals surface area (Å²) in [6.45, 7) is 5.07. The minimum atomic E-state index is -0.166. The minimum Gasteiger partial charge on any atom is -0.396 e. The molecule has 20 heavy (non-hydrogen) atoms. The number of aliphatic hydroxyl groups is 1. The monoisotopic (exact) mass is 276 g/mol. The second kappa shape index (κ2) is 6.27. The van der Waals surface area contributed by atoms with Gasteiger partial charge in [0.05, 0.1) is 0 Å². The molecule has 1 aliphatic heterocycles. The van der Waals surface area contributed by atoms with Crippen LogP contribution < -0.4 is 10.6 Å². The van der Waals surface area contributed by atoms with Crippen LogP contribution in [0.3, 0.4) is 0 Å². The summed E-state index contributed by atoms with van der Waals surface area (Å²) in [5, 5.41) is 15.2. The Bertz CT molecular complexity index is 446. The van der Waals surface area contributed by atoms with E-state index in [9.17, 15) is 4.79 Å². The lowest BCUT2D eigenvalue weighted by Gasteiger charge is -2.25. The number of para-hydroxylation sites is 1. The largest absolute Gasteiger partial charge is 0.396 e. The summed E-state index contributed by atoms with van der Waals surface area (Å²) in [5.74, 6) is 0.0540. The van der Waals surface area contributed by atoms with Crippen LogP contribution in [0.2, 0.25) is 0 Å². The third-order valence-electron chi connectivity index (χ3n) is 3.84. The van der Waals surface area contributed by atoms with Crippen LogP contribution in [0.5, 0.6) is 0 Å². The molecule has 1 heterocycles. The summed E-state index contributed by atoms with van der Waals surface area (Å²) in [7, 11) is 0. The Morgan fingerprint density at radius 2 is 2.20 bits per heavy atom. The van der Waals surface area contributed by atoms with Crippen LogP contribution in [-0.2, 0) is 11.2 Å². The van der Waals surface area contributed by atoms with Crippen LogP contribution in [-0.4, -0.2) is 30.2 Å². The molecule has 3 N–H and O–H groups in total. The highest BCUT2D eigenvalue weighted by Crippen LogP contribution is 2.25. The van der Waals surface area contributed by atoms with Crippen LogP contribution in [0.25, 0.3) is 0 Å². The summed E-state index contributed by atoms with van der Waals surface area (Å²) >= 11 is 0. The lowest BCUT2D eigenvalue weighted by molar-refractivity contribution is -0.122. The van der Waals surface area contributed by atoms with E-state index >= 15 is 0 Å². The number of carbonyl (C=O) groups excluding carboxylic acids is 1. The molecule has 4 nitrogen and oxygen atoms in total. The molecule has 0 unspecified atom stereocenters. The summed E-state index contributed by atoms with van der Waals surface area (Å²) in [6, 6.07) is 7.87. The topological polar surface area (TPSA) is 61.4 Å². The van der Waals surface area contributed by atoms with Crippen molar-refractivity contribution in [1.29, 1.82) is 0 Å².